The predicted octanol–water partition coefficient (Wildman–Crippen LogP) is 3.38. The minimum Gasteiger partial charge on any atom is -0.390 e. The fourth-order valence-electron chi connectivity index (χ4n) is 2.89. The van der Waals surface area contributed by atoms with Crippen molar-refractivity contribution in [2.45, 2.75) is 71.0 Å². The molecule has 0 amide bonds. The first-order valence-electron chi connectivity index (χ1n) is 6.80. The van der Waals surface area contributed by atoms with Crippen molar-refractivity contribution in [1.29, 1.82) is 0 Å². The Morgan fingerprint density at radius 2 is 1.81 bits per heavy atom. The molecule has 0 radical (unpaired) electrons. The number of hydrogen-bond donors (Lipinski definition) is 1. The fraction of sp³-hybridized carbons (Fsp3) is 1.00. The van der Waals surface area contributed by atoms with Crippen molar-refractivity contribution in [3.63, 3.8) is 0 Å². The topological polar surface area (TPSA) is 29.5 Å². The lowest BCUT2D eigenvalue weighted by molar-refractivity contribution is -0.121. The third kappa shape index (κ3) is 2.98. The molecular weight excluding hydrogens is 200 g/mol. The molecule has 0 saturated heterocycles. The average molecular weight is 228 g/mol. The van der Waals surface area contributed by atoms with Gasteiger partial charge in [0.05, 0.1) is 11.7 Å². The van der Waals surface area contributed by atoms with E-state index in [2.05, 4.69) is 13.8 Å². The molecule has 16 heavy (non-hydrogen) atoms. The lowest BCUT2D eigenvalue weighted by Gasteiger charge is -2.40. The Morgan fingerprint density at radius 1 is 1.25 bits per heavy atom. The van der Waals surface area contributed by atoms with Crippen LogP contribution in [-0.4, -0.2) is 23.9 Å². The molecule has 0 heterocycles. The smallest absolute Gasteiger partial charge is 0.0908 e. The number of ether oxygens (including phenoxy) is 1. The van der Waals surface area contributed by atoms with E-state index in [9.17, 15) is 5.11 Å². The molecule has 0 aromatic rings. The van der Waals surface area contributed by atoms with Crippen molar-refractivity contribution in [2.24, 2.45) is 11.8 Å². The highest BCUT2D eigenvalue weighted by atomic mass is 16.5. The summed E-state index contributed by atoms with van der Waals surface area (Å²) < 4.78 is 5.51. The van der Waals surface area contributed by atoms with Crippen molar-refractivity contribution >= 4 is 0 Å². The van der Waals surface area contributed by atoms with E-state index in [1.165, 1.54) is 32.1 Å². The van der Waals surface area contributed by atoms with Gasteiger partial charge in [-0.15, -0.1) is 0 Å². The Balaban J connectivity index is 2.52. The zero-order valence-electron chi connectivity index (χ0n) is 11.3. The van der Waals surface area contributed by atoms with Crippen LogP contribution < -0.4 is 0 Å². The molecule has 1 saturated carbocycles. The maximum atomic E-state index is 10.4. The summed E-state index contributed by atoms with van der Waals surface area (Å²) in [4.78, 5) is 0. The van der Waals surface area contributed by atoms with Gasteiger partial charge in [-0.05, 0) is 38.0 Å². The van der Waals surface area contributed by atoms with Gasteiger partial charge < -0.3 is 9.84 Å². The van der Waals surface area contributed by atoms with E-state index in [1.807, 2.05) is 6.92 Å². The van der Waals surface area contributed by atoms with E-state index in [0.29, 0.717) is 5.92 Å². The van der Waals surface area contributed by atoms with Gasteiger partial charge in [0.1, 0.15) is 0 Å². The molecule has 1 aliphatic carbocycles. The van der Waals surface area contributed by atoms with Crippen LogP contribution in [0.5, 0.6) is 0 Å². The third-order valence-corrected chi connectivity index (χ3v) is 4.71. The van der Waals surface area contributed by atoms with Gasteiger partial charge in [0.2, 0.25) is 0 Å². The summed E-state index contributed by atoms with van der Waals surface area (Å²) in [7, 11) is 1.71. The van der Waals surface area contributed by atoms with Gasteiger partial charge in [-0.25, -0.2) is 0 Å². The first-order valence-corrected chi connectivity index (χ1v) is 6.80. The van der Waals surface area contributed by atoms with Gasteiger partial charge in [-0.1, -0.05) is 33.1 Å². The van der Waals surface area contributed by atoms with E-state index < -0.39 is 0 Å². The number of aliphatic hydroxyl groups excluding tert-OH is 1. The van der Waals surface area contributed by atoms with E-state index >= 15 is 0 Å². The summed E-state index contributed by atoms with van der Waals surface area (Å²) >= 11 is 0. The number of aliphatic hydroxyl groups is 1. The Hall–Kier alpha value is -0.0800. The molecule has 1 N–H and O–H groups in total. The predicted molar refractivity (Wildman–Crippen MR) is 67.5 cm³/mol. The normalized spacial score (nSPS) is 32.1. The van der Waals surface area contributed by atoms with E-state index in [1.54, 1.807) is 7.11 Å². The number of methoxy groups -OCH3 is 1. The van der Waals surface area contributed by atoms with Crippen molar-refractivity contribution < 1.29 is 9.84 Å². The fourth-order valence-corrected chi connectivity index (χ4v) is 2.89. The second-order valence-corrected chi connectivity index (χ2v) is 5.50. The van der Waals surface area contributed by atoms with Gasteiger partial charge in [0.15, 0.2) is 0 Å². The van der Waals surface area contributed by atoms with Gasteiger partial charge in [0, 0.05) is 7.11 Å². The second kappa shape index (κ2) is 6.02. The van der Waals surface area contributed by atoms with Crippen LogP contribution in [0.4, 0.5) is 0 Å². The first-order chi connectivity index (χ1) is 7.57. The summed E-state index contributed by atoms with van der Waals surface area (Å²) in [5.74, 6) is 1.33. The second-order valence-electron chi connectivity index (χ2n) is 5.50. The first kappa shape index (κ1) is 14.0. The molecule has 2 atom stereocenters. The van der Waals surface area contributed by atoms with E-state index in [-0.39, 0.29) is 11.7 Å². The molecule has 0 aromatic carbocycles. The van der Waals surface area contributed by atoms with Crippen LogP contribution in [0.3, 0.4) is 0 Å². The summed E-state index contributed by atoms with van der Waals surface area (Å²) in [6.45, 7) is 6.39. The molecule has 96 valence electrons. The summed E-state index contributed by atoms with van der Waals surface area (Å²) in [6, 6.07) is 0. The molecule has 2 heteroatoms. The zero-order valence-corrected chi connectivity index (χ0v) is 11.3. The molecule has 1 rings (SSSR count). The lowest BCUT2D eigenvalue weighted by Crippen LogP contribution is -2.46. The molecule has 2 nitrogen and oxygen atoms in total. The maximum Gasteiger partial charge on any atom is 0.0908 e. The molecule has 0 spiro atoms. The van der Waals surface area contributed by atoms with Crippen LogP contribution in [0.2, 0.25) is 0 Å². The van der Waals surface area contributed by atoms with Crippen LogP contribution >= 0.6 is 0 Å². The minimum absolute atomic E-state index is 0.305. The Morgan fingerprint density at radius 3 is 2.19 bits per heavy atom. The van der Waals surface area contributed by atoms with Crippen LogP contribution in [0.15, 0.2) is 0 Å². The molecule has 0 aliphatic heterocycles. The molecular formula is C14H28O2. The average Bonchev–Trinajstić information content (AvgIpc) is 2.37. The van der Waals surface area contributed by atoms with Crippen LogP contribution in [0.25, 0.3) is 0 Å². The van der Waals surface area contributed by atoms with Crippen molar-refractivity contribution in [2.75, 3.05) is 7.11 Å². The summed E-state index contributed by atoms with van der Waals surface area (Å²) in [5.41, 5.74) is -0.357. The Bertz CT molecular complexity index is 191. The molecule has 1 fully saturated rings. The van der Waals surface area contributed by atoms with Gasteiger partial charge in [-0.2, -0.15) is 0 Å². The molecule has 1 aliphatic rings. The van der Waals surface area contributed by atoms with Crippen LogP contribution in [0, 0.1) is 11.8 Å². The molecule has 0 bridgehead atoms. The zero-order chi connectivity index (χ0) is 12.2. The number of hydrogen-bond acceptors (Lipinski definition) is 2. The van der Waals surface area contributed by atoms with E-state index in [0.717, 1.165) is 12.3 Å². The minimum atomic E-state index is -0.357. The Labute approximate surface area is 100 Å². The third-order valence-electron chi connectivity index (χ3n) is 4.71. The van der Waals surface area contributed by atoms with Crippen molar-refractivity contribution in [1.82, 2.24) is 0 Å². The van der Waals surface area contributed by atoms with Crippen LogP contribution in [-0.2, 0) is 4.74 Å². The highest BCUT2D eigenvalue weighted by Gasteiger charge is 2.38. The SMILES string of the molecule is CCC1CCC(C(O)C(C)(CC)OC)CC1. The Kier molecular flexibility index (Phi) is 5.26. The number of rotatable bonds is 5. The lowest BCUT2D eigenvalue weighted by atomic mass is 9.74. The van der Waals surface area contributed by atoms with Crippen molar-refractivity contribution in [3.8, 4) is 0 Å². The standard InChI is InChI=1S/C14H28O2/c1-5-11-7-9-12(10-8-11)13(15)14(3,6-2)16-4/h11-13,15H,5-10H2,1-4H3. The quantitative estimate of drug-likeness (QED) is 0.781. The monoisotopic (exact) mass is 228 g/mol. The maximum absolute atomic E-state index is 10.4. The van der Waals surface area contributed by atoms with Crippen LogP contribution in [0.1, 0.15) is 59.3 Å². The largest absolute Gasteiger partial charge is 0.390 e. The highest BCUT2D eigenvalue weighted by molar-refractivity contribution is 4.89. The summed E-state index contributed by atoms with van der Waals surface area (Å²) in [5, 5.41) is 10.4. The molecule has 0 aromatic heterocycles. The highest BCUT2D eigenvalue weighted by Crippen LogP contribution is 2.37. The van der Waals surface area contributed by atoms with Gasteiger partial charge in [0.25, 0.3) is 0 Å². The van der Waals surface area contributed by atoms with Gasteiger partial charge >= 0.3 is 0 Å². The summed E-state index contributed by atoms with van der Waals surface area (Å²) in [6.07, 6.45) is 6.75. The van der Waals surface area contributed by atoms with Gasteiger partial charge in [-0.3, -0.25) is 0 Å². The van der Waals surface area contributed by atoms with Crippen molar-refractivity contribution in [3.05, 3.63) is 0 Å². The molecule has 2 unspecified atom stereocenters. The van der Waals surface area contributed by atoms with E-state index in [4.69, 9.17) is 4.74 Å².